The van der Waals surface area contributed by atoms with Crippen molar-refractivity contribution in [3.8, 4) is 6.07 Å². The molecule has 19 heavy (non-hydrogen) atoms. The number of aryl methyl sites for hydroxylation is 3. The zero-order valence-electron chi connectivity index (χ0n) is 11.1. The van der Waals surface area contributed by atoms with Gasteiger partial charge in [0.15, 0.2) is 0 Å². The lowest BCUT2D eigenvalue weighted by Crippen LogP contribution is -2.10. The summed E-state index contributed by atoms with van der Waals surface area (Å²) in [4.78, 5) is 8.11. The van der Waals surface area contributed by atoms with Crippen LogP contribution in [0, 0.1) is 25.2 Å². The third-order valence-electron chi connectivity index (χ3n) is 2.70. The standard InChI is InChI=1S/C13H16N6/c1-10-8-11(2)19(18-10)7-3-5-15-13-16-6-4-12(9-14)17-13/h4,6,8H,3,5,7H2,1-2H3,(H,15,16,17). The molecule has 0 saturated heterocycles. The summed E-state index contributed by atoms with van der Waals surface area (Å²) in [7, 11) is 0. The molecule has 0 fully saturated rings. The number of hydrogen-bond donors (Lipinski definition) is 1. The number of hydrogen-bond acceptors (Lipinski definition) is 5. The Morgan fingerprint density at radius 3 is 2.95 bits per heavy atom. The van der Waals surface area contributed by atoms with Crippen molar-refractivity contribution in [3.63, 3.8) is 0 Å². The molecule has 1 N–H and O–H groups in total. The second-order valence-corrected chi connectivity index (χ2v) is 4.31. The topological polar surface area (TPSA) is 79.4 Å². The van der Waals surface area contributed by atoms with Gasteiger partial charge in [0.25, 0.3) is 0 Å². The summed E-state index contributed by atoms with van der Waals surface area (Å²) in [5, 5.41) is 16.2. The van der Waals surface area contributed by atoms with Gasteiger partial charge in [-0.05, 0) is 32.4 Å². The molecule has 0 aliphatic rings. The van der Waals surface area contributed by atoms with Crippen molar-refractivity contribution in [3.05, 3.63) is 35.4 Å². The maximum Gasteiger partial charge on any atom is 0.223 e. The molecule has 0 atom stereocenters. The highest BCUT2D eigenvalue weighted by atomic mass is 15.3. The van der Waals surface area contributed by atoms with Crippen LogP contribution in [-0.4, -0.2) is 26.3 Å². The van der Waals surface area contributed by atoms with Gasteiger partial charge in [-0.2, -0.15) is 10.4 Å². The second kappa shape index (κ2) is 5.96. The first-order valence-electron chi connectivity index (χ1n) is 6.17. The lowest BCUT2D eigenvalue weighted by Gasteiger charge is -2.06. The van der Waals surface area contributed by atoms with Gasteiger partial charge in [-0.1, -0.05) is 0 Å². The highest BCUT2D eigenvalue weighted by Crippen LogP contribution is 2.03. The molecule has 0 spiro atoms. The molecule has 0 saturated carbocycles. The monoisotopic (exact) mass is 256 g/mol. The van der Waals surface area contributed by atoms with Gasteiger partial charge in [-0.3, -0.25) is 4.68 Å². The Hall–Kier alpha value is -2.42. The molecule has 0 aliphatic heterocycles. The Balaban J connectivity index is 1.81. The van der Waals surface area contributed by atoms with Gasteiger partial charge >= 0.3 is 0 Å². The molecule has 0 radical (unpaired) electrons. The van der Waals surface area contributed by atoms with Crippen molar-refractivity contribution in [2.45, 2.75) is 26.8 Å². The minimum Gasteiger partial charge on any atom is -0.354 e. The number of rotatable bonds is 5. The van der Waals surface area contributed by atoms with Crippen LogP contribution in [0.2, 0.25) is 0 Å². The van der Waals surface area contributed by atoms with Gasteiger partial charge in [0.05, 0.1) is 5.69 Å². The van der Waals surface area contributed by atoms with E-state index in [1.165, 1.54) is 5.69 Å². The van der Waals surface area contributed by atoms with E-state index in [-0.39, 0.29) is 0 Å². The number of nitriles is 1. The van der Waals surface area contributed by atoms with E-state index in [4.69, 9.17) is 5.26 Å². The fourth-order valence-corrected chi connectivity index (χ4v) is 1.84. The lowest BCUT2D eigenvalue weighted by molar-refractivity contribution is 0.573. The first-order chi connectivity index (χ1) is 9.19. The number of nitrogens with one attached hydrogen (secondary N) is 1. The van der Waals surface area contributed by atoms with Gasteiger partial charge in [-0.25, -0.2) is 9.97 Å². The Morgan fingerprint density at radius 2 is 2.26 bits per heavy atom. The number of nitrogens with zero attached hydrogens (tertiary/aromatic N) is 5. The van der Waals surface area contributed by atoms with Gasteiger partial charge < -0.3 is 5.32 Å². The fourth-order valence-electron chi connectivity index (χ4n) is 1.84. The van der Waals surface area contributed by atoms with Crippen LogP contribution in [0.5, 0.6) is 0 Å². The summed E-state index contributed by atoms with van der Waals surface area (Å²) in [5.41, 5.74) is 2.58. The molecule has 2 aromatic rings. The van der Waals surface area contributed by atoms with E-state index >= 15 is 0 Å². The largest absolute Gasteiger partial charge is 0.354 e. The zero-order valence-corrected chi connectivity index (χ0v) is 11.1. The highest BCUT2D eigenvalue weighted by molar-refractivity contribution is 5.29. The number of aromatic nitrogens is 4. The molecule has 0 unspecified atom stereocenters. The molecule has 98 valence electrons. The Labute approximate surface area is 112 Å². The van der Waals surface area contributed by atoms with Gasteiger partial charge in [-0.15, -0.1) is 0 Å². The minimum absolute atomic E-state index is 0.371. The summed E-state index contributed by atoms with van der Waals surface area (Å²) in [5.74, 6) is 0.493. The molecule has 2 rings (SSSR count). The Kier molecular flexibility index (Phi) is 4.08. The van der Waals surface area contributed by atoms with Gasteiger partial charge in [0.1, 0.15) is 11.8 Å². The number of anilines is 1. The van der Waals surface area contributed by atoms with Crippen molar-refractivity contribution in [1.29, 1.82) is 5.26 Å². The van der Waals surface area contributed by atoms with E-state index < -0.39 is 0 Å². The first kappa shape index (κ1) is 13.0. The molecule has 2 heterocycles. The van der Waals surface area contributed by atoms with Gasteiger partial charge in [0.2, 0.25) is 5.95 Å². The summed E-state index contributed by atoms with van der Waals surface area (Å²) >= 11 is 0. The van der Waals surface area contributed by atoms with Crippen molar-refractivity contribution in [2.75, 3.05) is 11.9 Å². The zero-order chi connectivity index (χ0) is 13.7. The summed E-state index contributed by atoms with van der Waals surface area (Å²) in [6.07, 6.45) is 2.50. The molecule has 0 amide bonds. The van der Waals surface area contributed by atoms with E-state index in [1.54, 1.807) is 12.3 Å². The predicted molar refractivity (Wildman–Crippen MR) is 71.6 cm³/mol. The molecule has 0 aromatic carbocycles. The van der Waals surface area contributed by atoms with E-state index in [2.05, 4.69) is 26.4 Å². The van der Waals surface area contributed by atoms with E-state index in [0.717, 1.165) is 25.2 Å². The van der Waals surface area contributed by atoms with E-state index in [0.29, 0.717) is 11.6 Å². The maximum atomic E-state index is 8.74. The second-order valence-electron chi connectivity index (χ2n) is 4.31. The van der Waals surface area contributed by atoms with Crippen LogP contribution < -0.4 is 5.32 Å². The smallest absolute Gasteiger partial charge is 0.223 e. The van der Waals surface area contributed by atoms with Crippen LogP contribution in [0.15, 0.2) is 18.3 Å². The van der Waals surface area contributed by atoms with E-state index in [1.807, 2.05) is 24.6 Å². The van der Waals surface area contributed by atoms with Crippen LogP contribution >= 0.6 is 0 Å². The van der Waals surface area contributed by atoms with Crippen LogP contribution in [-0.2, 0) is 6.54 Å². The molecule has 6 heteroatoms. The molecule has 0 bridgehead atoms. The SMILES string of the molecule is Cc1cc(C)n(CCCNc2nccc(C#N)n2)n1. The molecule has 6 nitrogen and oxygen atoms in total. The molecular formula is C13H16N6. The predicted octanol–water partition coefficient (Wildman–Crippen LogP) is 1.66. The average Bonchev–Trinajstić information content (AvgIpc) is 2.73. The summed E-state index contributed by atoms with van der Waals surface area (Å²) in [6, 6.07) is 5.64. The van der Waals surface area contributed by atoms with Gasteiger partial charge in [0, 0.05) is 25.0 Å². The Morgan fingerprint density at radius 1 is 1.42 bits per heavy atom. The third kappa shape index (κ3) is 3.52. The summed E-state index contributed by atoms with van der Waals surface area (Å²) < 4.78 is 1.99. The van der Waals surface area contributed by atoms with Crippen molar-refractivity contribution in [2.24, 2.45) is 0 Å². The van der Waals surface area contributed by atoms with Crippen molar-refractivity contribution in [1.82, 2.24) is 19.7 Å². The lowest BCUT2D eigenvalue weighted by atomic mass is 10.4. The van der Waals surface area contributed by atoms with E-state index in [9.17, 15) is 0 Å². The first-order valence-corrected chi connectivity index (χ1v) is 6.17. The Bertz CT molecular complexity index is 595. The molecule has 0 aliphatic carbocycles. The van der Waals surface area contributed by atoms with Crippen LogP contribution in [0.1, 0.15) is 23.5 Å². The minimum atomic E-state index is 0.371. The molecular weight excluding hydrogens is 240 g/mol. The average molecular weight is 256 g/mol. The normalized spacial score (nSPS) is 10.2. The van der Waals surface area contributed by atoms with Crippen molar-refractivity contribution >= 4 is 5.95 Å². The quantitative estimate of drug-likeness (QED) is 0.823. The van der Waals surface area contributed by atoms with Crippen LogP contribution in [0.4, 0.5) is 5.95 Å². The van der Waals surface area contributed by atoms with Crippen LogP contribution in [0.25, 0.3) is 0 Å². The highest BCUT2D eigenvalue weighted by Gasteiger charge is 2.01. The summed E-state index contributed by atoms with van der Waals surface area (Å²) in [6.45, 7) is 5.63. The van der Waals surface area contributed by atoms with Crippen LogP contribution in [0.3, 0.4) is 0 Å². The fraction of sp³-hybridized carbons (Fsp3) is 0.385. The molecule has 2 aromatic heterocycles. The van der Waals surface area contributed by atoms with Crippen molar-refractivity contribution < 1.29 is 0 Å². The maximum absolute atomic E-state index is 8.74. The third-order valence-corrected chi connectivity index (χ3v) is 2.70.